The van der Waals surface area contributed by atoms with E-state index in [1.807, 2.05) is 0 Å². The number of alkyl halides is 3. The standard InChI is InChI=1S/C16H12F3IO3/c1-2-22-15(21)11-6-7-14(20)13(9-11)10-4-3-5-12(8-10)23-16(17,18)19/h3-9H,2H2,1H3. The second-order valence-corrected chi connectivity index (χ2v) is 5.65. The molecule has 0 heterocycles. The van der Waals surface area contributed by atoms with E-state index in [1.54, 1.807) is 31.2 Å². The molecule has 0 bridgehead atoms. The highest BCUT2D eigenvalue weighted by atomic mass is 127. The highest BCUT2D eigenvalue weighted by Gasteiger charge is 2.31. The monoisotopic (exact) mass is 436 g/mol. The lowest BCUT2D eigenvalue weighted by molar-refractivity contribution is -0.274. The van der Waals surface area contributed by atoms with Gasteiger partial charge in [0.25, 0.3) is 0 Å². The number of hydrogen-bond acceptors (Lipinski definition) is 3. The quantitative estimate of drug-likeness (QED) is 0.498. The Labute approximate surface area is 144 Å². The van der Waals surface area contributed by atoms with E-state index in [4.69, 9.17) is 4.74 Å². The van der Waals surface area contributed by atoms with Crippen LogP contribution in [0, 0.1) is 3.57 Å². The molecule has 0 N–H and O–H groups in total. The second-order valence-electron chi connectivity index (χ2n) is 4.49. The first-order chi connectivity index (χ1) is 10.8. The molecule has 0 saturated heterocycles. The molecule has 0 spiro atoms. The van der Waals surface area contributed by atoms with Gasteiger partial charge in [-0.1, -0.05) is 12.1 Å². The molecular formula is C16H12F3IO3. The fourth-order valence-electron chi connectivity index (χ4n) is 1.95. The first-order valence-electron chi connectivity index (χ1n) is 6.63. The Morgan fingerprint density at radius 1 is 1.17 bits per heavy atom. The zero-order valence-electron chi connectivity index (χ0n) is 12.0. The van der Waals surface area contributed by atoms with Gasteiger partial charge in [-0.15, -0.1) is 13.2 Å². The van der Waals surface area contributed by atoms with Gasteiger partial charge in [0.2, 0.25) is 0 Å². The lowest BCUT2D eigenvalue weighted by atomic mass is 10.0. The van der Waals surface area contributed by atoms with E-state index < -0.39 is 12.3 Å². The third-order valence-corrected chi connectivity index (χ3v) is 3.80. The Morgan fingerprint density at radius 3 is 2.57 bits per heavy atom. The van der Waals surface area contributed by atoms with Crippen molar-refractivity contribution in [3.63, 3.8) is 0 Å². The Hall–Kier alpha value is -1.77. The summed E-state index contributed by atoms with van der Waals surface area (Å²) in [6.07, 6.45) is -4.75. The number of carbonyl (C=O) groups is 1. The molecule has 0 fully saturated rings. The smallest absolute Gasteiger partial charge is 0.462 e. The summed E-state index contributed by atoms with van der Waals surface area (Å²) in [5, 5.41) is 0. The predicted molar refractivity (Wildman–Crippen MR) is 87.2 cm³/mol. The van der Waals surface area contributed by atoms with Crippen molar-refractivity contribution in [1.29, 1.82) is 0 Å². The molecule has 0 aromatic heterocycles. The van der Waals surface area contributed by atoms with Gasteiger partial charge >= 0.3 is 12.3 Å². The molecule has 2 aromatic rings. The normalized spacial score (nSPS) is 11.2. The minimum absolute atomic E-state index is 0.245. The third kappa shape index (κ3) is 4.85. The first kappa shape index (κ1) is 17.6. The number of benzene rings is 2. The van der Waals surface area contributed by atoms with Crippen LogP contribution < -0.4 is 4.74 Å². The molecule has 0 aliphatic heterocycles. The van der Waals surface area contributed by atoms with Crippen molar-refractivity contribution in [3.8, 4) is 16.9 Å². The average molecular weight is 436 g/mol. The fourth-order valence-corrected chi connectivity index (χ4v) is 2.60. The predicted octanol–water partition coefficient (Wildman–Crippen LogP) is 5.03. The van der Waals surface area contributed by atoms with Gasteiger partial charge < -0.3 is 9.47 Å². The summed E-state index contributed by atoms with van der Waals surface area (Å²) in [6.45, 7) is 1.94. The Kier molecular flexibility index (Phi) is 5.51. The summed E-state index contributed by atoms with van der Waals surface area (Å²) in [5.74, 6) is -0.791. The molecule has 0 radical (unpaired) electrons. The maximum atomic E-state index is 12.3. The van der Waals surface area contributed by atoms with Crippen LogP contribution in [0.4, 0.5) is 13.2 Å². The SMILES string of the molecule is CCOC(=O)c1ccc(I)c(-c2cccc(OC(F)(F)F)c2)c1. The highest BCUT2D eigenvalue weighted by molar-refractivity contribution is 14.1. The first-order valence-corrected chi connectivity index (χ1v) is 7.71. The van der Waals surface area contributed by atoms with E-state index in [2.05, 4.69) is 27.3 Å². The minimum Gasteiger partial charge on any atom is -0.462 e. The van der Waals surface area contributed by atoms with E-state index >= 15 is 0 Å². The molecule has 2 rings (SSSR count). The van der Waals surface area contributed by atoms with Crippen LogP contribution in [0.2, 0.25) is 0 Å². The summed E-state index contributed by atoms with van der Waals surface area (Å²) in [5.41, 5.74) is 1.48. The number of ether oxygens (including phenoxy) is 2. The summed E-state index contributed by atoms with van der Waals surface area (Å²) < 4.78 is 46.6. The van der Waals surface area contributed by atoms with Crippen LogP contribution in [-0.2, 0) is 4.74 Å². The molecule has 23 heavy (non-hydrogen) atoms. The van der Waals surface area contributed by atoms with Crippen LogP contribution in [0.3, 0.4) is 0 Å². The topological polar surface area (TPSA) is 35.5 Å². The van der Waals surface area contributed by atoms with Crippen molar-refractivity contribution in [1.82, 2.24) is 0 Å². The van der Waals surface area contributed by atoms with Crippen LogP contribution in [-0.4, -0.2) is 18.9 Å². The Morgan fingerprint density at radius 2 is 1.91 bits per heavy atom. The van der Waals surface area contributed by atoms with Gasteiger partial charge in [-0.2, -0.15) is 0 Å². The van der Waals surface area contributed by atoms with Crippen molar-refractivity contribution in [2.45, 2.75) is 13.3 Å². The molecular weight excluding hydrogens is 424 g/mol. The molecule has 7 heteroatoms. The molecule has 2 aromatic carbocycles. The van der Waals surface area contributed by atoms with Crippen LogP contribution >= 0.6 is 22.6 Å². The lowest BCUT2D eigenvalue weighted by Crippen LogP contribution is -2.17. The van der Waals surface area contributed by atoms with E-state index in [1.165, 1.54) is 18.2 Å². The Bertz CT molecular complexity index is 714. The van der Waals surface area contributed by atoms with Gasteiger partial charge in [-0.3, -0.25) is 0 Å². The number of carbonyl (C=O) groups excluding carboxylic acids is 1. The summed E-state index contributed by atoms with van der Waals surface area (Å²) in [6, 6.07) is 10.5. The molecule has 0 saturated carbocycles. The van der Waals surface area contributed by atoms with E-state index in [0.717, 1.165) is 3.57 Å². The highest BCUT2D eigenvalue weighted by Crippen LogP contribution is 2.31. The molecule has 122 valence electrons. The molecule has 0 aliphatic carbocycles. The zero-order chi connectivity index (χ0) is 17.0. The van der Waals surface area contributed by atoms with Gasteiger partial charge in [0.15, 0.2) is 0 Å². The molecule has 0 atom stereocenters. The summed E-state index contributed by atoms with van der Waals surface area (Å²) in [4.78, 5) is 11.8. The van der Waals surface area contributed by atoms with Crippen LogP contribution in [0.1, 0.15) is 17.3 Å². The average Bonchev–Trinajstić information content (AvgIpc) is 2.46. The third-order valence-electron chi connectivity index (χ3n) is 2.86. The van der Waals surface area contributed by atoms with Crippen molar-refractivity contribution < 1.29 is 27.4 Å². The number of esters is 1. The maximum Gasteiger partial charge on any atom is 0.573 e. The summed E-state index contributed by atoms with van der Waals surface area (Å²) >= 11 is 2.05. The van der Waals surface area contributed by atoms with E-state index in [-0.39, 0.29) is 12.4 Å². The van der Waals surface area contributed by atoms with Crippen LogP contribution in [0.25, 0.3) is 11.1 Å². The van der Waals surface area contributed by atoms with Gasteiger partial charge in [0, 0.05) is 3.57 Å². The van der Waals surface area contributed by atoms with Crippen LogP contribution in [0.5, 0.6) is 5.75 Å². The number of halogens is 4. The molecule has 3 nitrogen and oxygen atoms in total. The van der Waals surface area contributed by atoms with Gasteiger partial charge in [0.1, 0.15) is 5.75 Å². The molecule has 0 unspecified atom stereocenters. The van der Waals surface area contributed by atoms with E-state index in [9.17, 15) is 18.0 Å². The largest absolute Gasteiger partial charge is 0.573 e. The number of rotatable bonds is 4. The van der Waals surface area contributed by atoms with E-state index in [0.29, 0.717) is 16.7 Å². The maximum absolute atomic E-state index is 12.3. The van der Waals surface area contributed by atoms with Gasteiger partial charge in [-0.25, -0.2) is 4.79 Å². The van der Waals surface area contributed by atoms with Crippen molar-refractivity contribution >= 4 is 28.6 Å². The zero-order valence-corrected chi connectivity index (χ0v) is 14.1. The fraction of sp³-hybridized carbons (Fsp3) is 0.188. The van der Waals surface area contributed by atoms with Crippen molar-refractivity contribution in [2.75, 3.05) is 6.61 Å². The van der Waals surface area contributed by atoms with Gasteiger partial charge in [0.05, 0.1) is 12.2 Å². The lowest BCUT2D eigenvalue weighted by Gasteiger charge is -2.12. The van der Waals surface area contributed by atoms with Crippen molar-refractivity contribution in [2.24, 2.45) is 0 Å². The number of hydrogen-bond donors (Lipinski definition) is 0. The summed E-state index contributed by atoms with van der Waals surface area (Å²) in [7, 11) is 0. The Balaban J connectivity index is 2.39. The molecule has 0 amide bonds. The minimum atomic E-state index is -4.75. The second kappa shape index (κ2) is 7.20. The molecule has 0 aliphatic rings. The van der Waals surface area contributed by atoms with Gasteiger partial charge in [-0.05, 0) is 71.0 Å². The van der Waals surface area contributed by atoms with Crippen molar-refractivity contribution in [3.05, 3.63) is 51.6 Å². The van der Waals surface area contributed by atoms with Crippen LogP contribution in [0.15, 0.2) is 42.5 Å².